The van der Waals surface area contributed by atoms with Crippen molar-refractivity contribution in [2.24, 2.45) is 0 Å². The van der Waals surface area contributed by atoms with Gasteiger partial charge in [-0.2, -0.15) is 4.98 Å². The number of anilines is 3. The summed E-state index contributed by atoms with van der Waals surface area (Å²) in [6.45, 7) is 3.97. The van der Waals surface area contributed by atoms with Gasteiger partial charge in [0.05, 0.1) is 0 Å². The van der Waals surface area contributed by atoms with Gasteiger partial charge in [-0.25, -0.2) is 4.98 Å². The Morgan fingerprint density at radius 3 is 2.50 bits per heavy atom. The fourth-order valence-electron chi connectivity index (χ4n) is 2.17. The molecule has 3 aromatic rings. The number of benzene rings is 2. The molecule has 24 heavy (non-hydrogen) atoms. The summed E-state index contributed by atoms with van der Waals surface area (Å²) in [4.78, 5) is 8.31. The summed E-state index contributed by atoms with van der Waals surface area (Å²) < 4.78 is 5.75. The Balaban J connectivity index is 1.86. The lowest BCUT2D eigenvalue weighted by Gasteiger charge is -2.13. The number of hydrogen-bond donors (Lipinski definition) is 2. The van der Waals surface area contributed by atoms with E-state index in [1.807, 2.05) is 50.2 Å². The maximum absolute atomic E-state index is 6.15. The largest absolute Gasteiger partial charge is 0.437 e. The number of nitrogens with one attached hydrogen (secondary N) is 1. The number of aromatic nitrogens is 2. The van der Waals surface area contributed by atoms with Crippen LogP contribution < -0.4 is 15.8 Å². The van der Waals surface area contributed by atoms with E-state index in [0.29, 0.717) is 28.2 Å². The van der Waals surface area contributed by atoms with E-state index in [2.05, 4.69) is 15.3 Å². The van der Waals surface area contributed by atoms with Gasteiger partial charge in [0.2, 0.25) is 5.88 Å². The van der Waals surface area contributed by atoms with Gasteiger partial charge in [-0.3, -0.25) is 0 Å². The fourth-order valence-corrected chi connectivity index (χ4v) is 2.40. The lowest BCUT2D eigenvalue weighted by atomic mass is 10.2. The molecule has 6 heteroatoms. The van der Waals surface area contributed by atoms with E-state index in [9.17, 15) is 0 Å². The summed E-state index contributed by atoms with van der Waals surface area (Å²) in [5.74, 6) is 1.46. The summed E-state index contributed by atoms with van der Waals surface area (Å²) in [6.07, 6.45) is 1.41. The van der Waals surface area contributed by atoms with Gasteiger partial charge in [0.1, 0.15) is 17.8 Å². The first-order valence-electron chi connectivity index (χ1n) is 7.41. The number of nitrogens with two attached hydrogens (primary N) is 1. The average molecular weight is 341 g/mol. The van der Waals surface area contributed by atoms with Crippen LogP contribution in [-0.4, -0.2) is 9.97 Å². The molecule has 1 heterocycles. The molecule has 5 nitrogen and oxygen atoms in total. The van der Waals surface area contributed by atoms with Crippen LogP contribution in [0, 0.1) is 13.8 Å². The molecule has 0 amide bonds. The molecular weight excluding hydrogens is 324 g/mol. The van der Waals surface area contributed by atoms with Crippen molar-refractivity contribution in [1.82, 2.24) is 9.97 Å². The molecule has 1 aromatic heterocycles. The van der Waals surface area contributed by atoms with Gasteiger partial charge in [0.15, 0.2) is 5.82 Å². The highest BCUT2D eigenvalue weighted by molar-refractivity contribution is 6.30. The third-order valence-electron chi connectivity index (χ3n) is 3.52. The van der Waals surface area contributed by atoms with E-state index >= 15 is 0 Å². The van der Waals surface area contributed by atoms with Crippen molar-refractivity contribution in [2.45, 2.75) is 13.8 Å². The van der Waals surface area contributed by atoms with Crippen molar-refractivity contribution in [3.8, 4) is 11.6 Å². The summed E-state index contributed by atoms with van der Waals surface area (Å²) in [6, 6.07) is 13.2. The second-order valence-electron chi connectivity index (χ2n) is 5.44. The fraction of sp³-hybridized carbons (Fsp3) is 0.111. The quantitative estimate of drug-likeness (QED) is 0.709. The topological polar surface area (TPSA) is 73.1 Å². The van der Waals surface area contributed by atoms with Gasteiger partial charge in [-0.05, 0) is 49.7 Å². The average Bonchev–Trinajstić information content (AvgIpc) is 2.55. The lowest BCUT2D eigenvalue weighted by molar-refractivity contribution is 0.464. The van der Waals surface area contributed by atoms with Crippen LogP contribution in [0.25, 0.3) is 0 Å². The highest BCUT2D eigenvalue weighted by atomic mass is 35.5. The smallest absolute Gasteiger partial charge is 0.248 e. The zero-order chi connectivity index (χ0) is 17.1. The van der Waals surface area contributed by atoms with Crippen molar-refractivity contribution in [2.75, 3.05) is 11.1 Å². The van der Waals surface area contributed by atoms with Crippen LogP contribution >= 0.6 is 11.6 Å². The Labute approximate surface area is 145 Å². The molecule has 0 saturated carbocycles. The van der Waals surface area contributed by atoms with Crippen molar-refractivity contribution in [1.29, 1.82) is 0 Å². The Kier molecular flexibility index (Phi) is 4.53. The minimum Gasteiger partial charge on any atom is -0.437 e. The van der Waals surface area contributed by atoms with Gasteiger partial charge < -0.3 is 15.8 Å². The van der Waals surface area contributed by atoms with Gasteiger partial charge in [-0.1, -0.05) is 29.3 Å². The zero-order valence-corrected chi connectivity index (χ0v) is 14.1. The summed E-state index contributed by atoms with van der Waals surface area (Å²) >= 11 is 5.98. The van der Waals surface area contributed by atoms with Crippen LogP contribution in [0.5, 0.6) is 11.6 Å². The summed E-state index contributed by atoms with van der Waals surface area (Å²) in [7, 11) is 0. The molecule has 0 aliphatic rings. The molecule has 0 bridgehead atoms. The van der Waals surface area contributed by atoms with Gasteiger partial charge in [0, 0.05) is 10.7 Å². The number of nitrogen functional groups attached to an aromatic ring is 1. The van der Waals surface area contributed by atoms with Crippen LogP contribution in [0.2, 0.25) is 5.02 Å². The molecule has 0 atom stereocenters. The molecule has 0 saturated heterocycles. The maximum atomic E-state index is 6.15. The van der Waals surface area contributed by atoms with Gasteiger partial charge in [0.25, 0.3) is 0 Å². The van der Waals surface area contributed by atoms with E-state index < -0.39 is 0 Å². The highest BCUT2D eigenvalue weighted by Gasteiger charge is 2.11. The number of halogens is 1. The monoisotopic (exact) mass is 340 g/mol. The molecule has 0 fully saturated rings. The summed E-state index contributed by atoms with van der Waals surface area (Å²) in [5, 5.41) is 3.87. The van der Waals surface area contributed by atoms with E-state index in [1.54, 1.807) is 6.07 Å². The molecule has 0 aliphatic carbocycles. The first-order chi connectivity index (χ1) is 11.5. The molecule has 0 radical (unpaired) electrons. The highest BCUT2D eigenvalue weighted by Crippen LogP contribution is 2.32. The summed E-state index contributed by atoms with van der Waals surface area (Å²) in [5.41, 5.74) is 9.50. The first-order valence-corrected chi connectivity index (χ1v) is 7.79. The number of hydrogen-bond acceptors (Lipinski definition) is 5. The molecule has 3 N–H and O–H groups in total. The molecular formula is C18H17ClN4O. The van der Waals surface area contributed by atoms with Gasteiger partial charge >= 0.3 is 0 Å². The molecule has 3 rings (SSSR count). The van der Waals surface area contributed by atoms with E-state index in [0.717, 1.165) is 16.8 Å². The maximum Gasteiger partial charge on any atom is 0.248 e. The predicted octanol–water partition coefficient (Wildman–Crippen LogP) is 4.86. The minimum absolute atomic E-state index is 0.308. The standard InChI is InChI=1S/C18H17ClN4O/c1-11-3-6-14(7-4-11)24-18-16(20)17(21-10-22-18)23-15-8-5-13(19)9-12(15)2/h3-10H,20H2,1-2H3,(H,21,22,23). The lowest BCUT2D eigenvalue weighted by Crippen LogP contribution is -2.03. The van der Waals surface area contributed by atoms with E-state index in [1.165, 1.54) is 6.33 Å². The van der Waals surface area contributed by atoms with Crippen LogP contribution in [0.1, 0.15) is 11.1 Å². The van der Waals surface area contributed by atoms with E-state index in [-0.39, 0.29) is 0 Å². The van der Waals surface area contributed by atoms with E-state index in [4.69, 9.17) is 22.1 Å². The Hall–Kier alpha value is -2.79. The molecule has 0 unspecified atom stereocenters. The second kappa shape index (κ2) is 6.76. The van der Waals surface area contributed by atoms with Crippen molar-refractivity contribution in [3.05, 3.63) is 64.9 Å². The molecule has 0 aliphatic heterocycles. The van der Waals surface area contributed by atoms with Crippen molar-refractivity contribution < 1.29 is 4.74 Å². The van der Waals surface area contributed by atoms with Crippen molar-refractivity contribution >= 4 is 28.8 Å². The zero-order valence-electron chi connectivity index (χ0n) is 13.4. The third kappa shape index (κ3) is 3.58. The van der Waals surface area contributed by atoms with Gasteiger partial charge in [-0.15, -0.1) is 0 Å². The Bertz CT molecular complexity index is 865. The molecule has 0 spiro atoms. The first kappa shape index (κ1) is 16.1. The second-order valence-corrected chi connectivity index (χ2v) is 5.88. The number of nitrogens with zero attached hydrogens (tertiary/aromatic N) is 2. The normalized spacial score (nSPS) is 10.5. The third-order valence-corrected chi connectivity index (χ3v) is 3.76. The number of aryl methyl sites for hydroxylation is 2. The van der Waals surface area contributed by atoms with Crippen LogP contribution in [-0.2, 0) is 0 Å². The Morgan fingerprint density at radius 1 is 1.04 bits per heavy atom. The van der Waals surface area contributed by atoms with Crippen molar-refractivity contribution in [3.63, 3.8) is 0 Å². The number of ether oxygens (including phenoxy) is 1. The predicted molar refractivity (Wildman–Crippen MR) is 97.2 cm³/mol. The van der Waals surface area contributed by atoms with Crippen LogP contribution in [0.15, 0.2) is 48.8 Å². The SMILES string of the molecule is Cc1ccc(Oc2ncnc(Nc3ccc(Cl)cc3C)c2N)cc1. The Morgan fingerprint density at radius 2 is 1.79 bits per heavy atom. The molecule has 122 valence electrons. The molecule has 2 aromatic carbocycles. The minimum atomic E-state index is 0.308. The van der Waals surface area contributed by atoms with Crippen LogP contribution in [0.3, 0.4) is 0 Å². The number of rotatable bonds is 4. The van der Waals surface area contributed by atoms with Crippen LogP contribution in [0.4, 0.5) is 17.2 Å².